The Kier molecular flexibility index (Phi) is 5.26. The standard InChI is InChI=1S/C18H18N4O3/c1-13-7-9-14(10-8-13)18-21-20-17(25-18)12-24-22-16(19)11-23-15-5-3-2-4-6-15/h2-10H,11-12H2,1H3,(H2,19,22). The predicted molar refractivity (Wildman–Crippen MR) is 92.8 cm³/mol. The fraction of sp³-hybridized carbons (Fsp3) is 0.167. The molecule has 7 heteroatoms. The van der Waals surface area contributed by atoms with Gasteiger partial charge in [-0.25, -0.2) is 0 Å². The first-order valence-electron chi connectivity index (χ1n) is 7.72. The van der Waals surface area contributed by atoms with Crippen molar-refractivity contribution in [2.24, 2.45) is 10.9 Å². The summed E-state index contributed by atoms with van der Waals surface area (Å²) < 4.78 is 11.0. The average molecular weight is 338 g/mol. The lowest BCUT2D eigenvalue weighted by atomic mass is 10.1. The summed E-state index contributed by atoms with van der Waals surface area (Å²) in [4.78, 5) is 5.12. The topological polar surface area (TPSA) is 95.8 Å². The molecule has 0 fully saturated rings. The highest BCUT2D eigenvalue weighted by Gasteiger charge is 2.08. The maximum absolute atomic E-state index is 5.73. The third-order valence-electron chi connectivity index (χ3n) is 3.27. The van der Waals surface area contributed by atoms with E-state index in [-0.39, 0.29) is 19.0 Å². The van der Waals surface area contributed by atoms with Crippen molar-refractivity contribution in [3.8, 4) is 17.2 Å². The van der Waals surface area contributed by atoms with E-state index in [0.717, 1.165) is 11.1 Å². The van der Waals surface area contributed by atoms with E-state index in [4.69, 9.17) is 19.7 Å². The third-order valence-corrected chi connectivity index (χ3v) is 3.27. The van der Waals surface area contributed by atoms with Gasteiger partial charge in [-0.15, -0.1) is 10.2 Å². The Bertz CT molecular complexity index is 829. The molecule has 2 N–H and O–H groups in total. The van der Waals surface area contributed by atoms with Gasteiger partial charge in [-0.1, -0.05) is 41.1 Å². The Morgan fingerprint density at radius 1 is 1.08 bits per heavy atom. The van der Waals surface area contributed by atoms with Crippen molar-refractivity contribution < 1.29 is 14.0 Å². The van der Waals surface area contributed by atoms with Crippen LogP contribution in [0.2, 0.25) is 0 Å². The van der Waals surface area contributed by atoms with Gasteiger partial charge >= 0.3 is 0 Å². The highest BCUT2D eigenvalue weighted by molar-refractivity contribution is 5.81. The number of para-hydroxylation sites is 1. The van der Waals surface area contributed by atoms with Gasteiger partial charge in [0.15, 0.2) is 12.4 Å². The summed E-state index contributed by atoms with van der Waals surface area (Å²) in [6.07, 6.45) is 0. The zero-order valence-electron chi connectivity index (χ0n) is 13.8. The van der Waals surface area contributed by atoms with Crippen LogP contribution in [0, 0.1) is 6.92 Å². The van der Waals surface area contributed by atoms with E-state index in [1.54, 1.807) is 0 Å². The molecule has 0 spiro atoms. The van der Waals surface area contributed by atoms with Crippen LogP contribution in [0.4, 0.5) is 0 Å². The smallest absolute Gasteiger partial charge is 0.257 e. The molecule has 25 heavy (non-hydrogen) atoms. The first kappa shape index (κ1) is 16.5. The average Bonchev–Trinajstić information content (AvgIpc) is 3.10. The number of hydrogen-bond acceptors (Lipinski definition) is 6. The molecule has 0 aliphatic carbocycles. The number of oxime groups is 1. The Labute approximate surface area is 145 Å². The van der Waals surface area contributed by atoms with Crippen LogP contribution < -0.4 is 10.5 Å². The zero-order chi connectivity index (χ0) is 17.5. The number of rotatable bonds is 7. The molecule has 2 aromatic carbocycles. The highest BCUT2D eigenvalue weighted by atomic mass is 16.6. The van der Waals surface area contributed by atoms with Gasteiger partial charge in [0, 0.05) is 5.56 Å². The summed E-state index contributed by atoms with van der Waals surface area (Å²) in [5.41, 5.74) is 7.74. The van der Waals surface area contributed by atoms with E-state index in [9.17, 15) is 0 Å². The number of hydrogen-bond donors (Lipinski definition) is 1. The zero-order valence-corrected chi connectivity index (χ0v) is 13.8. The first-order chi connectivity index (χ1) is 12.2. The molecular formula is C18H18N4O3. The fourth-order valence-electron chi connectivity index (χ4n) is 2.00. The molecule has 1 aromatic heterocycles. The molecule has 0 saturated heterocycles. The monoisotopic (exact) mass is 338 g/mol. The summed E-state index contributed by atoms with van der Waals surface area (Å²) >= 11 is 0. The van der Waals surface area contributed by atoms with Crippen molar-refractivity contribution in [1.82, 2.24) is 10.2 Å². The lowest BCUT2D eigenvalue weighted by Crippen LogP contribution is -2.21. The van der Waals surface area contributed by atoms with Gasteiger partial charge in [0.2, 0.25) is 5.89 Å². The summed E-state index contributed by atoms with van der Waals surface area (Å²) in [5, 5.41) is 11.7. The molecule has 7 nitrogen and oxygen atoms in total. The minimum absolute atomic E-state index is 0.0326. The summed E-state index contributed by atoms with van der Waals surface area (Å²) in [5.74, 6) is 1.67. The molecule has 1 heterocycles. The lowest BCUT2D eigenvalue weighted by Gasteiger charge is -2.04. The van der Waals surface area contributed by atoms with Crippen LogP contribution in [-0.4, -0.2) is 22.6 Å². The molecule has 3 aromatic rings. The molecule has 3 rings (SSSR count). The molecule has 0 saturated carbocycles. The van der Waals surface area contributed by atoms with E-state index < -0.39 is 0 Å². The minimum atomic E-state index is 0.0326. The lowest BCUT2D eigenvalue weighted by molar-refractivity contribution is 0.109. The number of aryl methyl sites for hydroxylation is 1. The van der Waals surface area contributed by atoms with E-state index >= 15 is 0 Å². The quantitative estimate of drug-likeness (QED) is 0.404. The minimum Gasteiger partial charge on any atom is -0.486 e. The van der Waals surface area contributed by atoms with Gasteiger partial charge in [-0.05, 0) is 31.2 Å². The molecule has 128 valence electrons. The number of benzene rings is 2. The van der Waals surface area contributed by atoms with Crippen molar-refractivity contribution in [3.05, 3.63) is 66.1 Å². The molecule has 0 aliphatic rings. The molecule has 0 bridgehead atoms. The summed E-state index contributed by atoms with van der Waals surface area (Å²) in [6.45, 7) is 2.17. The van der Waals surface area contributed by atoms with E-state index in [1.807, 2.05) is 61.5 Å². The van der Waals surface area contributed by atoms with E-state index in [1.165, 1.54) is 0 Å². The van der Waals surface area contributed by atoms with Crippen LogP contribution in [0.5, 0.6) is 5.75 Å². The first-order valence-corrected chi connectivity index (χ1v) is 7.72. The second-order valence-corrected chi connectivity index (χ2v) is 5.32. The van der Waals surface area contributed by atoms with Crippen LogP contribution in [0.15, 0.2) is 64.2 Å². The third kappa shape index (κ3) is 4.81. The number of nitrogens with two attached hydrogens (primary N) is 1. The van der Waals surface area contributed by atoms with Crippen LogP contribution in [0.25, 0.3) is 11.5 Å². The van der Waals surface area contributed by atoms with Crippen molar-refractivity contribution in [3.63, 3.8) is 0 Å². The molecule has 0 radical (unpaired) electrons. The van der Waals surface area contributed by atoms with Crippen LogP contribution in [0.3, 0.4) is 0 Å². The normalized spacial score (nSPS) is 11.3. The second kappa shape index (κ2) is 7.96. The number of ether oxygens (including phenoxy) is 1. The maximum Gasteiger partial charge on any atom is 0.257 e. The van der Waals surface area contributed by atoms with Crippen LogP contribution in [-0.2, 0) is 11.4 Å². The second-order valence-electron chi connectivity index (χ2n) is 5.32. The molecule has 0 amide bonds. The maximum atomic E-state index is 5.73. The van der Waals surface area contributed by atoms with Gasteiger partial charge in [0.1, 0.15) is 12.4 Å². The summed E-state index contributed by atoms with van der Waals surface area (Å²) in [7, 11) is 0. The molecule has 0 unspecified atom stereocenters. The Hall–Kier alpha value is -3.35. The number of nitrogens with zero attached hydrogens (tertiary/aromatic N) is 3. The van der Waals surface area contributed by atoms with Gasteiger partial charge in [0.25, 0.3) is 5.89 Å². The van der Waals surface area contributed by atoms with Crippen LogP contribution >= 0.6 is 0 Å². The largest absolute Gasteiger partial charge is 0.486 e. The fourth-order valence-corrected chi connectivity index (χ4v) is 2.00. The predicted octanol–water partition coefficient (Wildman–Crippen LogP) is 2.91. The van der Waals surface area contributed by atoms with Crippen molar-refractivity contribution in [2.45, 2.75) is 13.5 Å². The summed E-state index contributed by atoms with van der Waals surface area (Å²) in [6, 6.07) is 17.1. The Morgan fingerprint density at radius 3 is 2.60 bits per heavy atom. The Morgan fingerprint density at radius 2 is 1.84 bits per heavy atom. The van der Waals surface area contributed by atoms with E-state index in [2.05, 4.69) is 15.4 Å². The number of amidine groups is 1. The van der Waals surface area contributed by atoms with Gasteiger partial charge in [-0.2, -0.15) is 0 Å². The van der Waals surface area contributed by atoms with Crippen molar-refractivity contribution in [2.75, 3.05) is 6.61 Å². The van der Waals surface area contributed by atoms with Gasteiger partial charge < -0.3 is 19.7 Å². The highest BCUT2D eigenvalue weighted by Crippen LogP contribution is 2.18. The van der Waals surface area contributed by atoms with Gasteiger partial charge in [-0.3, -0.25) is 0 Å². The molecule has 0 aliphatic heterocycles. The van der Waals surface area contributed by atoms with Crippen molar-refractivity contribution >= 4 is 5.84 Å². The SMILES string of the molecule is Cc1ccc(-c2nnc(CON=C(N)COc3ccccc3)o2)cc1. The molecular weight excluding hydrogens is 320 g/mol. The van der Waals surface area contributed by atoms with Crippen molar-refractivity contribution in [1.29, 1.82) is 0 Å². The van der Waals surface area contributed by atoms with Gasteiger partial charge in [0.05, 0.1) is 0 Å². The Balaban J connectivity index is 1.49. The number of aromatic nitrogens is 2. The van der Waals surface area contributed by atoms with Crippen LogP contribution in [0.1, 0.15) is 11.5 Å². The molecule has 0 atom stereocenters. The van der Waals surface area contributed by atoms with E-state index in [0.29, 0.717) is 17.5 Å².